The zero-order valence-corrected chi connectivity index (χ0v) is 20.6. The van der Waals surface area contributed by atoms with Crippen LogP contribution < -0.4 is 14.8 Å². The van der Waals surface area contributed by atoms with E-state index in [0.717, 1.165) is 56.3 Å². The van der Waals surface area contributed by atoms with Gasteiger partial charge in [0.25, 0.3) is 0 Å². The number of nitrogens with zero attached hydrogens (tertiary/aromatic N) is 3. The number of amides is 1. The molecule has 2 aromatic heterocycles. The molecule has 7 nitrogen and oxygen atoms in total. The SMILES string of the molecule is Cc1nc2c(c(C)nn2-c2ccccc2)c(C)c1CCC(=O)NC(C)c1ccc2c(c1)OCCO2. The Morgan fingerprint density at radius 3 is 2.54 bits per heavy atom. The third kappa shape index (κ3) is 4.46. The highest BCUT2D eigenvalue weighted by Gasteiger charge is 2.19. The van der Waals surface area contributed by atoms with E-state index in [-0.39, 0.29) is 11.9 Å². The van der Waals surface area contributed by atoms with E-state index in [9.17, 15) is 4.79 Å². The smallest absolute Gasteiger partial charge is 0.220 e. The van der Waals surface area contributed by atoms with Crippen molar-refractivity contribution < 1.29 is 14.3 Å². The molecule has 2 aromatic carbocycles. The van der Waals surface area contributed by atoms with E-state index in [1.807, 2.05) is 74.0 Å². The van der Waals surface area contributed by atoms with E-state index >= 15 is 0 Å². The zero-order valence-electron chi connectivity index (χ0n) is 20.6. The molecule has 35 heavy (non-hydrogen) atoms. The molecule has 0 saturated carbocycles. The summed E-state index contributed by atoms with van der Waals surface area (Å²) in [6.07, 6.45) is 1.01. The molecule has 0 saturated heterocycles. The van der Waals surface area contributed by atoms with Crippen LogP contribution in [-0.2, 0) is 11.2 Å². The Balaban J connectivity index is 1.32. The summed E-state index contributed by atoms with van der Waals surface area (Å²) in [4.78, 5) is 17.7. The van der Waals surface area contributed by atoms with Crippen molar-refractivity contribution in [3.63, 3.8) is 0 Å². The largest absolute Gasteiger partial charge is 0.486 e. The Labute approximate surface area is 205 Å². The fourth-order valence-electron chi connectivity index (χ4n) is 4.79. The van der Waals surface area contributed by atoms with Gasteiger partial charge in [-0.1, -0.05) is 24.3 Å². The number of carbonyl (C=O) groups is 1. The molecule has 3 heterocycles. The average molecular weight is 471 g/mol. The maximum atomic E-state index is 12.8. The van der Waals surface area contributed by atoms with E-state index < -0.39 is 0 Å². The molecular formula is C28H30N4O3. The van der Waals surface area contributed by atoms with Gasteiger partial charge in [0, 0.05) is 17.5 Å². The Bertz CT molecular complexity index is 1390. The molecule has 7 heteroatoms. The van der Waals surface area contributed by atoms with Gasteiger partial charge in [-0.2, -0.15) is 5.10 Å². The van der Waals surface area contributed by atoms with Crippen LogP contribution in [0.2, 0.25) is 0 Å². The second kappa shape index (κ2) is 9.41. The van der Waals surface area contributed by atoms with Crippen LogP contribution in [0.3, 0.4) is 0 Å². The Morgan fingerprint density at radius 2 is 1.77 bits per heavy atom. The molecule has 5 rings (SSSR count). The van der Waals surface area contributed by atoms with Crippen molar-refractivity contribution >= 4 is 16.9 Å². The molecule has 1 N–H and O–H groups in total. The summed E-state index contributed by atoms with van der Waals surface area (Å²) >= 11 is 0. The lowest BCUT2D eigenvalue weighted by Gasteiger charge is -2.21. The quantitative estimate of drug-likeness (QED) is 0.432. The summed E-state index contributed by atoms with van der Waals surface area (Å²) in [5.41, 5.74) is 6.94. The van der Waals surface area contributed by atoms with Gasteiger partial charge < -0.3 is 14.8 Å². The van der Waals surface area contributed by atoms with Crippen LogP contribution in [-0.4, -0.2) is 33.9 Å². The van der Waals surface area contributed by atoms with E-state index in [1.165, 1.54) is 0 Å². The fraction of sp³-hybridized carbons (Fsp3) is 0.321. The molecule has 4 aromatic rings. The molecule has 0 spiro atoms. The first-order chi connectivity index (χ1) is 16.9. The first-order valence-electron chi connectivity index (χ1n) is 12.0. The second-order valence-electron chi connectivity index (χ2n) is 9.02. The number of aromatic nitrogens is 3. The normalized spacial score (nSPS) is 13.6. The highest BCUT2D eigenvalue weighted by Crippen LogP contribution is 2.33. The van der Waals surface area contributed by atoms with Crippen LogP contribution in [0.15, 0.2) is 48.5 Å². The number of nitrogens with one attached hydrogen (secondary N) is 1. The Hall–Kier alpha value is -3.87. The van der Waals surface area contributed by atoms with Crippen molar-refractivity contribution in [3.05, 3.63) is 76.6 Å². The fourth-order valence-corrected chi connectivity index (χ4v) is 4.79. The number of para-hydroxylation sites is 1. The number of pyridine rings is 1. The molecule has 1 amide bonds. The minimum absolute atomic E-state index is 0.00277. The lowest BCUT2D eigenvalue weighted by molar-refractivity contribution is -0.121. The van der Waals surface area contributed by atoms with E-state index in [1.54, 1.807) is 0 Å². The van der Waals surface area contributed by atoms with Gasteiger partial charge >= 0.3 is 0 Å². The van der Waals surface area contributed by atoms with Gasteiger partial charge in [-0.3, -0.25) is 4.79 Å². The number of aryl methyl sites for hydroxylation is 3. The molecule has 180 valence electrons. The van der Waals surface area contributed by atoms with Crippen LogP contribution in [0, 0.1) is 20.8 Å². The summed E-state index contributed by atoms with van der Waals surface area (Å²) in [5.74, 6) is 1.48. The first kappa shape index (κ1) is 22.9. The second-order valence-corrected chi connectivity index (χ2v) is 9.02. The van der Waals surface area contributed by atoms with Gasteiger partial charge in [-0.15, -0.1) is 0 Å². The highest BCUT2D eigenvalue weighted by molar-refractivity contribution is 5.85. The number of carbonyl (C=O) groups excluding carboxylic acids is 1. The van der Waals surface area contributed by atoms with Gasteiger partial charge in [0.15, 0.2) is 17.1 Å². The predicted molar refractivity (Wildman–Crippen MR) is 135 cm³/mol. The number of hydrogen-bond donors (Lipinski definition) is 1. The Kier molecular flexibility index (Phi) is 6.16. The standard InChI is InChI=1S/C28H30N4O3/c1-17-23(19(3)30-28-27(17)20(4)31-32(28)22-8-6-5-7-9-22)11-13-26(33)29-18(2)21-10-12-24-25(16-21)35-15-14-34-24/h5-10,12,16,18H,11,13-15H2,1-4H3,(H,29,33). The lowest BCUT2D eigenvalue weighted by Crippen LogP contribution is -2.27. The molecule has 1 aliphatic heterocycles. The summed E-state index contributed by atoms with van der Waals surface area (Å²) in [5, 5.41) is 8.93. The molecule has 0 fully saturated rings. The number of hydrogen-bond acceptors (Lipinski definition) is 5. The van der Waals surface area contributed by atoms with Gasteiger partial charge in [-0.05, 0) is 75.1 Å². The number of benzene rings is 2. The van der Waals surface area contributed by atoms with Crippen molar-refractivity contribution in [1.29, 1.82) is 0 Å². The zero-order chi connectivity index (χ0) is 24.5. The minimum atomic E-state index is -0.132. The Morgan fingerprint density at radius 1 is 1.03 bits per heavy atom. The summed E-state index contributed by atoms with van der Waals surface area (Å²) in [7, 11) is 0. The molecule has 1 unspecified atom stereocenters. The topological polar surface area (TPSA) is 78.3 Å². The van der Waals surface area contributed by atoms with Gasteiger partial charge in [0.1, 0.15) is 13.2 Å². The van der Waals surface area contributed by atoms with Crippen LogP contribution in [0.4, 0.5) is 0 Å². The molecule has 0 bridgehead atoms. The maximum absolute atomic E-state index is 12.8. The summed E-state index contributed by atoms with van der Waals surface area (Å²) < 4.78 is 13.2. The maximum Gasteiger partial charge on any atom is 0.220 e. The van der Waals surface area contributed by atoms with Gasteiger partial charge in [0.05, 0.1) is 17.4 Å². The monoisotopic (exact) mass is 470 g/mol. The molecule has 1 aliphatic rings. The third-order valence-electron chi connectivity index (χ3n) is 6.62. The molecule has 0 aliphatic carbocycles. The summed E-state index contributed by atoms with van der Waals surface area (Å²) in [6, 6.07) is 15.7. The van der Waals surface area contributed by atoms with Crippen LogP contribution in [0.1, 0.15) is 47.5 Å². The number of fused-ring (bicyclic) bond motifs is 2. The van der Waals surface area contributed by atoms with E-state index in [4.69, 9.17) is 19.6 Å². The van der Waals surface area contributed by atoms with Crippen LogP contribution in [0.5, 0.6) is 11.5 Å². The van der Waals surface area contributed by atoms with Gasteiger partial charge in [-0.25, -0.2) is 9.67 Å². The number of rotatable bonds is 6. The van der Waals surface area contributed by atoms with Crippen molar-refractivity contribution in [2.75, 3.05) is 13.2 Å². The van der Waals surface area contributed by atoms with Crippen LogP contribution >= 0.6 is 0 Å². The predicted octanol–water partition coefficient (Wildman–Crippen LogP) is 4.93. The molecule has 0 radical (unpaired) electrons. The van der Waals surface area contributed by atoms with Crippen LogP contribution in [0.25, 0.3) is 16.7 Å². The minimum Gasteiger partial charge on any atom is -0.486 e. The van der Waals surface area contributed by atoms with E-state index in [2.05, 4.69) is 12.2 Å². The van der Waals surface area contributed by atoms with Crippen molar-refractivity contribution in [2.45, 2.75) is 46.6 Å². The van der Waals surface area contributed by atoms with Gasteiger partial charge in [0.2, 0.25) is 5.91 Å². The van der Waals surface area contributed by atoms with Crippen molar-refractivity contribution in [3.8, 4) is 17.2 Å². The third-order valence-corrected chi connectivity index (χ3v) is 6.62. The van der Waals surface area contributed by atoms with E-state index in [0.29, 0.717) is 26.1 Å². The highest BCUT2D eigenvalue weighted by atomic mass is 16.6. The molecule has 1 atom stereocenters. The van der Waals surface area contributed by atoms with Crippen molar-refractivity contribution in [2.24, 2.45) is 0 Å². The average Bonchev–Trinajstić information content (AvgIpc) is 3.20. The lowest BCUT2D eigenvalue weighted by atomic mass is 9.99. The molecular weight excluding hydrogens is 440 g/mol. The van der Waals surface area contributed by atoms with Crippen molar-refractivity contribution in [1.82, 2.24) is 20.1 Å². The number of ether oxygens (including phenoxy) is 2. The summed E-state index contributed by atoms with van der Waals surface area (Å²) in [6.45, 7) is 9.20. The first-order valence-corrected chi connectivity index (χ1v) is 12.0.